The van der Waals surface area contributed by atoms with Crippen molar-refractivity contribution in [3.8, 4) is 0 Å². The second-order valence-corrected chi connectivity index (χ2v) is 6.82. The van der Waals surface area contributed by atoms with Crippen LogP contribution in [-0.2, 0) is 14.3 Å². The Kier molecular flexibility index (Phi) is 3.59. The van der Waals surface area contributed by atoms with Crippen molar-refractivity contribution in [1.29, 1.82) is 0 Å². The summed E-state index contributed by atoms with van der Waals surface area (Å²) in [7, 11) is 1.39. The molecular weight excluding hydrogens is 240 g/mol. The quantitative estimate of drug-likeness (QED) is 0.447. The summed E-state index contributed by atoms with van der Waals surface area (Å²) in [5.74, 6) is 0.222. The van der Waals surface area contributed by atoms with E-state index in [-0.39, 0.29) is 22.7 Å². The fourth-order valence-corrected chi connectivity index (χ4v) is 4.21. The van der Waals surface area contributed by atoms with E-state index in [0.717, 1.165) is 38.4 Å². The van der Waals surface area contributed by atoms with E-state index >= 15 is 0 Å². The molecular formula is C16H24O3. The molecule has 3 nitrogen and oxygen atoms in total. The monoisotopic (exact) mass is 264 g/mol. The molecule has 0 amide bonds. The molecule has 4 atom stereocenters. The van der Waals surface area contributed by atoms with Gasteiger partial charge >= 0.3 is 5.97 Å². The molecule has 0 aromatic heterocycles. The molecule has 3 heteroatoms. The van der Waals surface area contributed by atoms with Crippen LogP contribution in [0, 0.1) is 22.7 Å². The molecule has 0 saturated heterocycles. The third-order valence-corrected chi connectivity index (χ3v) is 5.67. The second-order valence-electron chi connectivity index (χ2n) is 6.82. The normalized spacial score (nSPS) is 41.4. The molecule has 0 radical (unpaired) electrons. The zero-order chi connectivity index (χ0) is 14.3. The Morgan fingerprint density at radius 3 is 2.58 bits per heavy atom. The zero-order valence-electron chi connectivity index (χ0n) is 12.2. The second kappa shape index (κ2) is 4.77. The summed E-state index contributed by atoms with van der Waals surface area (Å²) < 4.78 is 4.77. The lowest BCUT2D eigenvalue weighted by atomic mass is 9.60. The van der Waals surface area contributed by atoms with Crippen molar-refractivity contribution in [2.45, 2.75) is 46.0 Å². The number of esters is 1. The minimum absolute atomic E-state index is 0.169. The van der Waals surface area contributed by atoms with Gasteiger partial charge in [0.25, 0.3) is 0 Å². The standard InChI is InChI=1S/C16H24O3/c1-11(14(18)19-4)12-5-6-15(2)7-8-16(3,10-17)13(15)9-12/h10,12-13H,1,5-9H2,2-4H3/t12-,13-,15+,16?/m1/s1. The number of methoxy groups -OCH3 is 1. The van der Waals surface area contributed by atoms with Gasteiger partial charge in [-0.25, -0.2) is 4.79 Å². The SMILES string of the molecule is C=C(C(=O)OC)[C@@H]1CC[C@@]2(C)CCC(C)(C=O)[C@@H]2C1. The maximum atomic E-state index is 11.6. The lowest BCUT2D eigenvalue weighted by molar-refractivity contribution is -0.137. The van der Waals surface area contributed by atoms with E-state index in [4.69, 9.17) is 4.74 Å². The van der Waals surface area contributed by atoms with Gasteiger partial charge in [-0.3, -0.25) is 0 Å². The van der Waals surface area contributed by atoms with Crippen LogP contribution >= 0.6 is 0 Å². The Labute approximate surface area is 115 Å². The molecule has 2 aliphatic rings. The highest BCUT2D eigenvalue weighted by Gasteiger charge is 2.54. The van der Waals surface area contributed by atoms with E-state index in [9.17, 15) is 9.59 Å². The molecule has 19 heavy (non-hydrogen) atoms. The van der Waals surface area contributed by atoms with Gasteiger partial charge < -0.3 is 9.53 Å². The van der Waals surface area contributed by atoms with E-state index < -0.39 is 0 Å². The van der Waals surface area contributed by atoms with Crippen molar-refractivity contribution >= 4 is 12.3 Å². The lowest BCUT2D eigenvalue weighted by Crippen LogP contribution is -2.39. The Morgan fingerprint density at radius 2 is 2.00 bits per heavy atom. The number of hydrogen-bond donors (Lipinski definition) is 0. The van der Waals surface area contributed by atoms with E-state index in [1.807, 2.05) is 0 Å². The van der Waals surface area contributed by atoms with Crippen molar-refractivity contribution in [2.24, 2.45) is 22.7 Å². The Balaban J connectivity index is 2.18. The number of carbonyl (C=O) groups excluding carboxylic acids is 2. The van der Waals surface area contributed by atoms with E-state index in [1.54, 1.807) is 0 Å². The van der Waals surface area contributed by atoms with Gasteiger partial charge in [0.15, 0.2) is 0 Å². The molecule has 0 spiro atoms. The molecule has 106 valence electrons. The van der Waals surface area contributed by atoms with Gasteiger partial charge in [0.05, 0.1) is 7.11 Å². The van der Waals surface area contributed by atoms with Crippen LogP contribution in [0.2, 0.25) is 0 Å². The predicted molar refractivity (Wildman–Crippen MR) is 73.5 cm³/mol. The fourth-order valence-electron chi connectivity index (χ4n) is 4.21. The summed E-state index contributed by atoms with van der Waals surface area (Å²) in [5.41, 5.74) is 0.594. The molecule has 2 rings (SSSR count). The van der Waals surface area contributed by atoms with Gasteiger partial charge in [-0.1, -0.05) is 20.4 Å². The number of fused-ring (bicyclic) bond motifs is 1. The molecule has 0 heterocycles. The van der Waals surface area contributed by atoms with Crippen LogP contribution in [0.1, 0.15) is 46.0 Å². The van der Waals surface area contributed by atoms with Gasteiger partial charge in [-0.2, -0.15) is 0 Å². The molecule has 2 fully saturated rings. The number of carbonyl (C=O) groups is 2. The summed E-state index contributed by atoms with van der Waals surface area (Å²) in [4.78, 5) is 23.1. The van der Waals surface area contributed by atoms with Crippen LogP contribution in [0.3, 0.4) is 0 Å². The van der Waals surface area contributed by atoms with Crippen molar-refractivity contribution < 1.29 is 14.3 Å². The molecule has 0 bridgehead atoms. The number of ether oxygens (including phenoxy) is 1. The van der Waals surface area contributed by atoms with Crippen LogP contribution in [0.4, 0.5) is 0 Å². The smallest absolute Gasteiger partial charge is 0.333 e. The van der Waals surface area contributed by atoms with Gasteiger partial charge in [0, 0.05) is 11.0 Å². The molecule has 1 unspecified atom stereocenters. The summed E-state index contributed by atoms with van der Waals surface area (Å²) in [6.45, 7) is 8.26. The number of hydrogen-bond acceptors (Lipinski definition) is 3. The molecule has 0 aromatic carbocycles. The maximum absolute atomic E-state index is 11.6. The Bertz CT molecular complexity index is 414. The van der Waals surface area contributed by atoms with Crippen LogP contribution in [0.15, 0.2) is 12.2 Å². The van der Waals surface area contributed by atoms with Gasteiger partial charge in [-0.05, 0) is 49.4 Å². The van der Waals surface area contributed by atoms with Crippen molar-refractivity contribution in [1.82, 2.24) is 0 Å². The van der Waals surface area contributed by atoms with Crippen LogP contribution in [0.5, 0.6) is 0 Å². The summed E-state index contributed by atoms with van der Waals surface area (Å²) in [5, 5.41) is 0. The number of aldehydes is 1. The number of rotatable bonds is 3. The minimum atomic E-state index is -0.306. The van der Waals surface area contributed by atoms with Crippen molar-refractivity contribution in [2.75, 3.05) is 7.11 Å². The Morgan fingerprint density at radius 1 is 1.32 bits per heavy atom. The molecule has 2 aliphatic carbocycles. The average Bonchev–Trinajstić information content (AvgIpc) is 2.70. The first-order valence-electron chi connectivity index (χ1n) is 7.10. The zero-order valence-corrected chi connectivity index (χ0v) is 12.2. The predicted octanol–water partition coefficient (Wildman–Crippen LogP) is 3.14. The van der Waals surface area contributed by atoms with E-state index in [2.05, 4.69) is 20.4 Å². The first-order valence-corrected chi connectivity index (χ1v) is 7.10. The molecule has 2 saturated carbocycles. The first-order chi connectivity index (χ1) is 8.86. The summed E-state index contributed by atoms with van der Waals surface area (Å²) in [6, 6.07) is 0. The summed E-state index contributed by atoms with van der Waals surface area (Å²) >= 11 is 0. The molecule has 0 aromatic rings. The van der Waals surface area contributed by atoms with Gasteiger partial charge in [0.1, 0.15) is 6.29 Å². The highest BCUT2D eigenvalue weighted by atomic mass is 16.5. The highest BCUT2D eigenvalue weighted by molar-refractivity contribution is 5.88. The fraction of sp³-hybridized carbons (Fsp3) is 0.750. The molecule has 0 aliphatic heterocycles. The van der Waals surface area contributed by atoms with Crippen LogP contribution in [0.25, 0.3) is 0 Å². The van der Waals surface area contributed by atoms with Crippen LogP contribution in [-0.4, -0.2) is 19.4 Å². The maximum Gasteiger partial charge on any atom is 0.333 e. The largest absolute Gasteiger partial charge is 0.466 e. The van der Waals surface area contributed by atoms with E-state index in [1.165, 1.54) is 7.11 Å². The van der Waals surface area contributed by atoms with Crippen LogP contribution < -0.4 is 0 Å². The third-order valence-electron chi connectivity index (χ3n) is 5.67. The van der Waals surface area contributed by atoms with E-state index in [0.29, 0.717) is 11.5 Å². The van der Waals surface area contributed by atoms with Gasteiger partial charge in [-0.15, -0.1) is 0 Å². The first kappa shape index (κ1) is 14.3. The third kappa shape index (κ3) is 2.24. The Hall–Kier alpha value is -1.12. The topological polar surface area (TPSA) is 43.4 Å². The molecule has 0 N–H and O–H groups in total. The minimum Gasteiger partial charge on any atom is -0.466 e. The average molecular weight is 264 g/mol. The lowest BCUT2D eigenvalue weighted by Gasteiger charge is -2.44. The highest BCUT2D eigenvalue weighted by Crippen LogP contribution is 2.61. The van der Waals surface area contributed by atoms with Gasteiger partial charge in [0.2, 0.25) is 0 Å². The van der Waals surface area contributed by atoms with Crippen molar-refractivity contribution in [3.63, 3.8) is 0 Å². The summed E-state index contributed by atoms with van der Waals surface area (Å²) in [6.07, 6.45) is 6.16. The van der Waals surface area contributed by atoms with Crippen molar-refractivity contribution in [3.05, 3.63) is 12.2 Å².